The van der Waals surface area contributed by atoms with E-state index >= 15 is 0 Å². The number of hydrogen-bond donors (Lipinski definition) is 2. The monoisotopic (exact) mass is 372 g/mol. The predicted molar refractivity (Wildman–Crippen MR) is 98.1 cm³/mol. The molecular weight excluding hydrogens is 350 g/mol. The number of carbonyl (C=O) groups excluding carboxylic acids is 1. The van der Waals surface area contributed by atoms with Crippen molar-refractivity contribution in [1.29, 1.82) is 0 Å². The molecule has 0 saturated carbocycles. The van der Waals surface area contributed by atoms with Crippen molar-refractivity contribution in [3.63, 3.8) is 0 Å². The van der Waals surface area contributed by atoms with Crippen molar-refractivity contribution < 1.29 is 18.7 Å². The number of piperidine rings is 1. The third-order valence-electron chi connectivity index (χ3n) is 5.75. The number of benzene rings is 2. The van der Waals surface area contributed by atoms with Crippen molar-refractivity contribution in [2.24, 2.45) is 0 Å². The summed E-state index contributed by atoms with van der Waals surface area (Å²) in [5.41, 5.74) is 0.313. The number of aliphatic hydroxyl groups is 1. The lowest BCUT2D eigenvalue weighted by Gasteiger charge is -2.43. The molecule has 1 amide bonds. The lowest BCUT2D eigenvalue weighted by atomic mass is 9.80. The van der Waals surface area contributed by atoms with E-state index in [4.69, 9.17) is 0 Å². The molecule has 2 N–H and O–H groups in total. The summed E-state index contributed by atoms with van der Waals surface area (Å²) in [7, 11) is 0. The summed E-state index contributed by atoms with van der Waals surface area (Å²) in [4.78, 5) is 14.6. The first-order chi connectivity index (χ1) is 12.9. The van der Waals surface area contributed by atoms with E-state index in [1.165, 1.54) is 36.4 Å². The molecule has 2 aromatic rings. The largest absolute Gasteiger partial charge is 0.385 e. The van der Waals surface area contributed by atoms with Crippen molar-refractivity contribution in [3.05, 3.63) is 65.7 Å². The van der Waals surface area contributed by atoms with Crippen LogP contribution in [0.5, 0.6) is 0 Å². The number of nitrogens with zero attached hydrogens (tertiary/aromatic N) is 1. The fourth-order valence-corrected chi connectivity index (χ4v) is 4.47. The number of hydrogen-bond acceptors (Lipinski definition) is 3. The molecule has 27 heavy (non-hydrogen) atoms. The van der Waals surface area contributed by atoms with Gasteiger partial charge in [0.05, 0.1) is 12.1 Å². The molecule has 0 radical (unpaired) electrons. The van der Waals surface area contributed by atoms with Crippen LogP contribution in [0.4, 0.5) is 14.5 Å². The van der Waals surface area contributed by atoms with E-state index in [0.717, 1.165) is 18.4 Å². The quantitative estimate of drug-likeness (QED) is 0.865. The summed E-state index contributed by atoms with van der Waals surface area (Å²) >= 11 is 0. The normalized spacial score (nSPS) is 27.5. The Hall–Kier alpha value is -2.31. The van der Waals surface area contributed by atoms with Crippen molar-refractivity contribution in [1.82, 2.24) is 4.90 Å². The summed E-state index contributed by atoms with van der Waals surface area (Å²) in [6, 6.07) is 11.9. The molecule has 0 spiro atoms. The molecule has 0 aromatic heterocycles. The van der Waals surface area contributed by atoms with Gasteiger partial charge in [0.25, 0.3) is 0 Å². The van der Waals surface area contributed by atoms with Gasteiger partial charge in [-0.2, -0.15) is 0 Å². The Kier molecular flexibility index (Phi) is 4.70. The van der Waals surface area contributed by atoms with Crippen molar-refractivity contribution in [3.8, 4) is 0 Å². The highest BCUT2D eigenvalue weighted by molar-refractivity contribution is 5.92. The molecule has 6 heteroatoms. The average molecular weight is 372 g/mol. The lowest BCUT2D eigenvalue weighted by Crippen LogP contribution is -2.51. The van der Waals surface area contributed by atoms with E-state index in [2.05, 4.69) is 10.2 Å². The number of halogens is 2. The van der Waals surface area contributed by atoms with Crippen molar-refractivity contribution in [2.75, 3.05) is 11.9 Å². The van der Waals surface area contributed by atoms with Crippen LogP contribution in [0.1, 0.15) is 31.2 Å². The van der Waals surface area contributed by atoms with Crippen molar-refractivity contribution in [2.45, 2.75) is 43.4 Å². The zero-order chi connectivity index (χ0) is 19.0. The van der Waals surface area contributed by atoms with Crippen LogP contribution in [-0.2, 0) is 10.4 Å². The predicted octanol–water partition coefficient (Wildman–Crippen LogP) is 3.42. The van der Waals surface area contributed by atoms with Gasteiger partial charge in [-0.25, -0.2) is 8.78 Å². The number of rotatable bonds is 4. The van der Waals surface area contributed by atoms with Crippen LogP contribution in [0.25, 0.3) is 0 Å². The van der Waals surface area contributed by atoms with Gasteiger partial charge in [-0.05, 0) is 67.6 Å². The lowest BCUT2D eigenvalue weighted by molar-refractivity contribution is -0.121. The van der Waals surface area contributed by atoms with Crippen LogP contribution in [0, 0.1) is 11.6 Å². The highest BCUT2D eigenvalue weighted by Crippen LogP contribution is 2.45. The van der Waals surface area contributed by atoms with Crippen LogP contribution in [0.3, 0.4) is 0 Å². The minimum atomic E-state index is -0.983. The molecule has 4 rings (SSSR count). The molecule has 2 heterocycles. The van der Waals surface area contributed by atoms with Gasteiger partial charge < -0.3 is 10.4 Å². The van der Waals surface area contributed by atoms with Crippen LogP contribution in [-0.4, -0.2) is 34.5 Å². The summed E-state index contributed by atoms with van der Waals surface area (Å²) in [5, 5.41) is 13.9. The molecule has 2 saturated heterocycles. The Balaban J connectivity index is 1.42. The minimum Gasteiger partial charge on any atom is -0.385 e. The molecule has 2 aliphatic rings. The standard InChI is InChI=1S/C21H22F2N2O2/c22-15-3-1-14(2-4-15)21(27)11-18-9-10-19(12-21)25(18)13-20(26)24-17-7-5-16(23)6-8-17/h1-8,18-19,27H,9-13H2,(H,24,26)/t18-,19+,21?. The minimum absolute atomic E-state index is 0.109. The molecule has 2 aromatic carbocycles. The zero-order valence-corrected chi connectivity index (χ0v) is 14.9. The molecule has 1 unspecified atom stereocenters. The molecule has 4 nitrogen and oxygen atoms in total. The van der Waals surface area contributed by atoms with Crippen LogP contribution in [0.2, 0.25) is 0 Å². The Morgan fingerprint density at radius 1 is 1.00 bits per heavy atom. The van der Waals surface area contributed by atoms with Gasteiger partial charge in [-0.1, -0.05) is 12.1 Å². The Morgan fingerprint density at radius 3 is 2.07 bits per heavy atom. The maximum atomic E-state index is 13.2. The summed E-state index contributed by atoms with van der Waals surface area (Å²) in [6.07, 6.45) is 2.91. The van der Waals surface area contributed by atoms with Gasteiger partial charge in [0, 0.05) is 17.8 Å². The number of nitrogens with one attached hydrogen (secondary N) is 1. The molecule has 2 aliphatic heterocycles. The maximum absolute atomic E-state index is 13.2. The Bertz CT molecular complexity index is 809. The first-order valence-corrected chi connectivity index (χ1v) is 9.22. The van der Waals surface area contributed by atoms with Gasteiger partial charge in [0.15, 0.2) is 0 Å². The number of anilines is 1. The second-order valence-corrected chi connectivity index (χ2v) is 7.56. The van der Waals surface area contributed by atoms with E-state index in [1.54, 1.807) is 12.1 Å². The van der Waals surface area contributed by atoms with E-state index < -0.39 is 5.60 Å². The SMILES string of the molecule is O=C(CN1[C@@H]2CC[C@H]1CC(O)(c1ccc(F)cc1)C2)Nc1ccc(F)cc1. The first-order valence-electron chi connectivity index (χ1n) is 9.22. The van der Waals surface area contributed by atoms with Gasteiger partial charge in [0.1, 0.15) is 11.6 Å². The number of carbonyl (C=O) groups is 1. The van der Waals surface area contributed by atoms with E-state index in [1.807, 2.05) is 0 Å². The number of fused-ring (bicyclic) bond motifs is 2. The highest BCUT2D eigenvalue weighted by Gasteiger charge is 2.48. The third-order valence-corrected chi connectivity index (χ3v) is 5.75. The second-order valence-electron chi connectivity index (χ2n) is 7.56. The third kappa shape index (κ3) is 3.73. The summed E-state index contributed by atoms with van der Waals surface area (Å²) < 4.78 is 26.2. The van der Waals surface area contributed by atoms with Crippen molar-refractivity contribution >= 4 is 11.6 Å². The van der Waals surface area contributed by atoms with Gasteiger partial charge in [0.2, 0.25) is 5.91 Å². The van der Waals surface area contributed by atoms with E-state index in [0.29, 0.717) is 18.5 Å². The second kappa shape index (κ2) is 7.02. The molecule has 3 atom stereocenters. The summed E-state index contributed by atoms with van der Waals surface area (Å²) in [6.45, 7) is 0.242. The van der Waals surface area contributed by atoms with Gasteiger partial charge >= 0.3 is 0 Å². The van der Waals surface area contributed by atoms with E-state index in [-0.39, 0.29) is 36.2 Å². The Labute approximate surface area is 156 Å². The van der Waals surface area contributed by atoms with Gasteiger partial charge in [-0.15, -0.1) is 0 Å². The highest BCUT2D eigenvalue weighted by atomic mass is 19.1. The molecule has 0 aliphatic carbocycles. The fraction of sp³-hybridized carbons (Fsp3) is 0.381. The zero-order valence-electron chi connectivity index (χ0n) is 14.9. The molecular formula is C21H22F2N2O2. The maximum Gasteiger partial charge on any atom is 0.238 e. The smallest absolute Gasteiger partial charge is 0.238 e. The molecule has 142 valence electrons. The average Bonchev–Trinajstić information content (AvgIpc) is 2.87. The topological polar surface area (TPSA) is 52.6 Å². The van der Waals surface area contributed by atoms with Gasteiger partial charge in [-0.3, -0.25) is 9.69 Å². The van der Waals surface area contributed by atoms with Crippen LogP contribution < -0.4 is 5.32 Å². The van der Waals surface area contributed by atoms with Crippen LogP contribution in [0.15, 0.2) is 48.5 Å². The molecule has 2 bridgehead atoms. The molecule has 2 fully saturated rings. The number of amides is 1. The van der Waals surface area contributed by atoms with Crippen LogP contribution >= 0.6 is 0 Å². The Morgan fingerprint density at radius 2 is 1.52 bits per heavy atom. The summed E-state index contributed by atoms with van der Waals surface area (Å²) in [5.74, 6) is -0.812. The first kappa shape index (κ1) is 18.1. The van der Waals surface area contributed by atoms with E-state index in [9.17, 15) is 18.7 Å². The fourth-order valence-electron chi connectivity index (χ4n) is 4.47.